The van der Waals surface area contributed by atoms with E-state index >= 15 is 0 Å². The van der Waals surface area contributed by atoms with Gasteiger partial charge in [0.25, 0.3) is 0 Å². The second-order valence-electron chi connectivity index (χ2n) is 5.95. The molecule has 8 heteroatoms. The highest BCUT2D eigenvalue weighted by molar-refractivity contribution is 5.94. The van der Waals surface area contributed by atoms with Crippen LogP contribution in [0.3, 0.4) is 0 Å². The number of benzene rings is 1. The molecule has 0 bridgehead atoms. The molecular formula is C18H17F2N3O3. The molecule has 1 aromatic carbocycles. The van der Waals surface area contributed by atoms with Gasteiger partial charge >= 0.3 is 12.0 Å². The van der Waals surface area contributed by atoms with Crippen LogP contribution >= 0.6 is 0 Å². The lowest BCUT2D eigenvalue weighted by atomic mass is 10.1. The number of nitrogens with one attached hydrogen (secondary N) is 1. The fourth-order valence-corrected chi connectivity index (χ4v) is 2.54. The molecule has 0 saturated heterocycles. The Kier molecular flexibility index (Phi) is 5.11. The Bertz CT molecular complexity index is 826. The minimum Gasteiger partial charge on any atom is -0.465 e. The van der Waals surface area contributed by atoms with Crippen LogP contribution in [0.25, 0.3) is 0 Å². The van der Waals surface area contributed by atoms with Crippen LogP contribution < -0.4 is 5.32 Å². The van der Waals surface area contributed by atoms with Crippen molar-refractivity contribution in [3.63, 3.8) is 0 Å². The van der Waals surface area contributed by atoms with Gasteiger partial charge in [-0.05, 0) is 36.6 Å². The predicted molar refractivity (Wildman–Crippen MR) is 89.5 cm³/mol. The van der Waals surface area contributed by atoms with E-state index in [0.717, 1.165) is 31.6 Å². The summed E-state index contributed by atoms with van der Waals surface area (Å²) in [6.45, 7) is 0.339. The number of halogens is 2. The number of pyridine rings is 1. The maximum Gasteiger partial charge on any atom is 0.340 e. The van der Waals surface area contributed by atoms with Gasteiger partial charge < -0.3 is 15.0 Å². The Morgan fingerprint density at radius 3 is 2.54 bits per heavy atom. The summed E-state index contributed by atoms with van der Waals surface area (Å²) in [7, 11) is 1.09. The first kappa shape index (κ1) is 17.8. The summed E-state index contributed by atoms with van der Waals surface area (Å²) in [5, 5.41) is 2.42. The molecule has 2 aromatic rings. The van der Waals surface area contributed by atoms with Crippen LogP contribution in [0, 0.1) is 11.6 Å². The minimum absolute atomic E-state index is 0.0618. The Morgan fingerprint density at radius 2 is 1.92 bits per heavy atom. The number of nitrogens with zero attached hydrogens (tertiary/aromatic N) is 2. The average Bonchev–Trinajstić information content (AvgIpc) is 3.47. The van der Waals surface area contributed by atoms with Gasteiger partial charge in [-0.2, -0.15) is 0 Å². The first-order chi connectivity index (χ1) is 12.5. The van der Waals surface area contributed by atoms with Crippen LogP contribution in [-0.2, 0) is 11.3 Å². The summed E-state index contributed by atoms with van der Waals surface area (Å²) in [4.78, 5) is 29.7. The maximum absolute atomic E-state index is 14.0. The molecule has 3 rings (SSSR count). The fourth-order valence-electron chi connectivity index (χ4n) is 2.54. The van der Waals surface area contributed by atoms with E-state index in [9.17, 15) is 18.4 Å². The monoisotopic (exact) mass is 361 g/mol. The molecule has 6 nitrogen and oxygen atoms in total. The summed E-state index contributed by atoms with van der Waals surface area (Å²) >= 11 is 0. The quantitative estimate of drug-likeness (QED) is 0.829. The number of anilines is 1. The van der Waals surface area contributed by atoms with E-state index in [-0.39, 0.29) is 11.7 Å². The molecule has 1 heterocycles. The summed E-state index contributed by atoms with van der Waals surface area (Å²) < 4.78 is 32.2. The van der Waals surface area contributed by atoms with Crippen LogP contribution in [-0.4, -0.2) is 35.0 Å². The standard InChI is InChI=1S/C18H17F2N3O3/c1-26-17(24)13-8-16(15(20)9-14(13)19)22-18(25)23(12-2-3-12)10-11-4-6-21-7-5-11/h4-9,12H,2-3,10H2,1H3,(H,22,25). The molecule has 1 N–H and O–H groups in total. The molecule has 0 radical (unpaired) electrons. The number of rotatable bonds is 5. The molecule has 1 aliphatic rings. The Hall–Kier alpha value is -3.03. The molecule has 136 valence electrons. The average molecular weight is 361 g/mol. The van der Waals surface area contributed by atoms with Crippen molar-refractivity contribution >= 4 is 17.7 Å². The molecular weight excluding hydrogens is 344 g/mol. The van der Waals surface area contributed by atoms with Crippen molar-refractivity contribution in [3.05, 3.63) is 59.4 Å². The van der Waals surface area contributed by atoms with Crippen molar-refractivity contribution in [2.45, 2.75) is 25.4 Å². The third-order valence-corrected chi connectivity index (χ3v) is 4.05. The molecule has 2 amide bonds. The first-order valence-electron chi connectivity index (χ1n) is 8.03. The van der Waals surface area contributed by atoms with Gasteiger partial charge in [0.2, 0.25) is 0 Å². The van der Waals surface area contributed by atoms with Crippen LogP contribution in [0.15, 0.2) is 36.7 Å². The van der Waals surface area contributed by atoms with Crippen molar-refractivity contribution in [2.24, 2.45) is 0 Å². The van der Waals surface area contributed by atoms with Gasteiger partial charge in [0.1, 0.15) is 11.6 Å². The van der Waals surface area contributed by atoms with Gasteiger partial charge in [-0.15, -0.1) is 0 Å². The Balaban J connectivity index is 1.80. The van der Waals surface area contributed by atoms with Crippen LogP contribution in [0.1, 0.15) is 28.8 Å². The highest BCUT2D eigenvalue weighted by Crippen LogP contribution is 2.29. The highest BCUT2D eigenvalue weighted by atomic mass is 19.1. The Labute approximate surface area is 148 Å². The number of amides is 2. The number of hydrogen-bond donors (Lipinski definition) is 1. The van der Waals surface area contributed by atoms with E-state index in [1.807, 2.05) is 0 Å². The van der Waals surface area contributed by atoms with Crippen molar-refractivity contribution in [3.8, 4) is 0 Å². The lowest BCUT2D eigenvalue weighted by molar-refractivity contribution is 0.0595. The van der Waals surface area contributed by atoms with Crippen LogP contribution in [0.4, 0.5) is 19.3 Å². The normalized spacial score (nSPS) is 13.2. The van der Waals surface area contributed by atoms with Crippen molar-refractivity contribution < 1.29 is 23.1 Å². The van der Waals surface area contributed by atoms with E-state index in [1.54, 1.807) is 29.4 Å². The SMILES string of the molecule is COC(=O)c1cc(NC(=O)N(Cc2ccncc2)C2CC2)c(F)cc1F. The summed E-state index contributed by atoms with van der Waals surface area (Å²) in [5.74, 6) is -2.97. The molecule has 1 saturated carbocycles. The summed E-state index contributed by atoms with van der Waals surface area (Å²) in [6.07, 6.45) is 4.97. The van der Waals surface area contributed by atoms with E-state index in [1.165, 1.54) is 0 Å². The van der Waals surface area contributed by atoms with Gasteiger partial charge in [0.05, 0.1) is 18.4 Å². The smallest absolute Gasteiger partial charge is 0.340 e. The molecule has 0 unspecified atom stereocenters. The fraction of sp³-hybridized carbons (Fsp3) is 0.278. The zero-order chi connectivity index (χ0) is 18.7. The number of urea groups is 1. The van der Waals surface area contributed by atoms with E-state index in [2.05, 4.69) is 15.0 Å². The largest absolute Gasteiger partial charge is 0.465 e. The van der Waals surface area contributed by atoms with Crippen molar-refractivity contribution in [1.82, 2.24) is 9.88 Å². The molecule has 1 fully saturated rings. The van der Waals surface area contributed by atoms with Gasteiger partial charge in [-0.25, -0.2) is 18.4 Å². The van der Waals surface area contributed by atoms with Crippen molar-refractivity contribution in [2.75, 3.05) is 12.4 Å². The minimum atomic E-state index is -1.05. The van der Waals surface area contributed by atoms with Crippen LogP contribution in [0.5, 0.6) is 0 Å². The summed E-state index contributed by atoms with van der Waals surface area (Å²) in [5.41, 5.74) is 0.158. The Morgan fingerprint density at radius 1 is 1.23 bits per heavy atom. The molecule has 1 aliphatic carbocycles. The van der Waals surface area contributed by atoms with Crippen molar-refractivity contribution in [1.29, 1.82) is 0 Å². The first-order valence-corrected chi connectivity index (χ1v) is 8.03. The van der Waals surface area contributed by atoms with Gasteiger partial charge in [0, 0.05) is 31.0 Å². The van der Waals surface area contributed by atoms with Gasteiger partial charge in [-0.1, -0.05) is 0 Å². The number of esters is 1. The second kappa shape index (κ2) is 7.47. The number of ether oxygens (including phenoxy) is 1. The molecule has 0 spiro atoms. The summed E-state index contributed by atoms with van der Waals surface area (Å²) in [6, 6.07) is 4.60. The molecule has 0 aliphatic heterocycles. The molecule has 26 heavy (non-hydrogen) atoms. The van der Waals surface area contributed by atoms with Gasteiger partial charge in [0.15, 0.2) is 0 Å². The lowest BCUT2D eigenvalue weighted by Crippen LogP contribution is -2.36. The zero-order valence-electron chi connectivity index (χ0n) is 14.0. The number of hydrogen-bond acceptors (Lipinski definition) is 4. The number of aromatic nitrogens is 1. The third-order valence-electron chi connectivity index (χ3n) is 4.05. The van der Waals surface area contributed by atoms with Crippen LogP contribution in [0.2, 0.25) is 0 Å². The lowest BCUT2D eigenvalue weighted by Gasteiger charge is -2.23. The number of carbonyl (C=O) groups excluding carboxylic acids is 2. The number of methoxy groups -OCH3 is 1. The molecule has 1 aromatic heterocycles. The molecule has 0 atom stereocenters. The number of carbonyl (C=O) groups is 2. The van der Waals surface area contributed by atoms with E-state index in [0.29, 0.717) is 12.6 Å². The predicted octanol–water partition coefficient (Wildman–Crippen LogP) is 3.34. The third kappa shape index (κ3) is 3.96. The zero-order valence-corrected chi connectivity index (χ0v) is 14.0. The second-order valence-corrected chi connectivity index (χ2v) is 5.95. The maximum atomic E-state index is 14.0. The van der Waals surface area contributed by atoms with Gasteiger partial charge in [-0.3, -0.25) is 4.98 Å². The van der Waals surface area contributed by atoms with E-state index < -0.39 is 29.2 Å². The highest BCUT2D eigenvalue weighted by Gasteiger charge is 2.33. The topological polar surface area (TPSA) is 71.5 Å². The van der Waals surface area contributed by atoms with E-state index in [4.69, 9.17) is 0 Å².